The summed E-state index contributed by atoms with van der Waals surface area (Å²) < 4.78 is 0. The van der Waals surface area contributed by atoms with E-state index in [0.29, 0.717) is 15.7 Å². The van der Waals surface area contributed by atoms with Crippen LogP contribution >= 0.6 is 22.9 Å². The number of rotatable bonds is 5. The monoisotopic (exact) mass is 364 g/mol. The molecule has 1 atom stereocenters. The van der Waals surface area contributed by atoms with Crippen LogP contribution in [0.5, 0.6) is 0 Å². The summed E-state index contributed by atoms with van der Waals surface area (Å²) in [6.45, 7) is 0.0644. The van der Waals surface area contributed by atoms with Crippen molar-refractivity contribution in [2.24, 2.45) is 0 Å². The molecule has 0 unspecified atom stereocenters. The van der Waals surface area contributed by atoms with E-state index in [1.165, 1.54) is 11.3 Å². The molecule has 124 valence electrons. The summed E-state index contributed by atoms with van der Waals surface area (Å²) in [4.78, 5) is 41.3. The van der Waals surface area contributed by atoms with Crippen LogP contribution in [0.4, 0.5) is 9.93 Å². The molecule has 0 spiro atoms. The average Bonchev–Trinajstić information content (AvgIpc) is 3.13. The fourth-order valence-corrected chi connectivity index (χ4v) is 3.04. The lowest BCUT2D eigenvalue weighted by molar-refractivity contribution is -0.130. The zero-order chi connectivity index (χ0) is 17.1. The van der Waals surface area contributed by atoms with Crippen LogP contribution in [-0.4, -0.2) is 33.8 Å². The standard InChI is InChI=1S/C15H13ClN4O3S/c16-10-4-2-1-3-9(10)8-20-13(22)11(18-15(20)23)7-12(21)19-14-17-5-6-24-14/h1-6,11H,7-8H2,(H,18,23)(H,17,19,21)/t11-/m1/s1. The van der Waals surface area contributed by atoms with Gasteiger partial charge in [-0.05, 0) is 11.6 Å². The number of hydrogen-bond acceptors (Lipinski definition) is 5. The van der Waals surface area contributed by atoms with Crippen LogP contribution in [0.3, 0.4) is 0 Å². The molecule has 0 aliphatic carbocycles. The highest BCUT2D eigenvalue weighted by Gasteiger charge is 2.39. The Balaban J connectivity index is 1.63. The topological polar surface area (TPSA) is 91.4 Å². The van der Waals surface area contributed by atoms with Crippen molar-refractivity contribution in [1.82, 2.24) is 15.2 Å². The number of anilines is 1. The minimum absolute atomic E-state index is 0.0644. The van der Waals surface area contributed by atoms with Gasteiger partial charge in [-0.15, -0.1) is 11.3 Å². The molecule has 1 saturated heterocycles. The number of benzene rings is 1. The van der Waals surface area contributed by atoms with Gasteiger partial charge in [-0.3, -0.25) is 14.5 Å². The molecule has 0 saturated carbocycles. The fraction of sp³-hybridized carbons (Fsp3) is 0.200. The van der Waals surface area contributed by atoms with E-state index in [1.54, 1.807) is 35.8 Å². The molecule has 4 amide bonds. The maximum atomic E-state index is 12.4. The maximum absolute atomic E-state index is 12.4. The Morgan fingerprint density at radius 2 is 2.17 bits per heavy atom. The second-order valence-corrected chi connectivity index (χ2v) is 6.41. The number of amides is 4. The summed E-state index contributed by atoms with van der Waals surface area (Å²) in [5.74, 6) is -0.836. The SMILES string of the molecule is O=C(C[C@H]1NC(=O)N(Cc2ccccc2Cl)C1=O)Nc1nccs1. The number of imide groups is 1. The van der Waals surface area contributed by atoms with Crippen molar-refractivity contribution in [3.63, 3.8) is 0 Å². The van der Waals surface area contributed by atoms with Crippen molar-refractivity contribution in [1.29, 1.82) is 0 Å². The Bertz CT molecular complexity index is 781. The van der Waals surface area contributed by atoms with Crippen LogP contribution in [0.15, 0.2) is 35.8 Å². The van der Waals surface area contributed by atoms with Crippen molar-refractivity contribution >= 4 is 45.9 Å². The van der Waals surface area contributed by atoms with Crippen LogP contribution in [0.25, 0.3) is 0 Å². The first-order valence-electron chi connectivity index (χ1n) is 7.09. The third-order valence-corrected chi connectivity index (χ3v) is 4.52. The first-order valence-corrected chi connectivity index (χ1v) is 8.35. The van der Waals surface area contributed by atoms with Gasteiger partial charge in [-0.1, -0.05) is 29.8 Å². The number of nitrogens with one attached hydrogen (secondary N) is 2. The first kappa shape index (κ1) is 16.4. The maximum Gasteiger partial charge on any atom is 0.325 e. The Morgan fingerprint density at radius 1 is 1.38 bits per heavy atom. The minimum Gasteiger partial charge on any atom is -0.325 e. The summed E-state index contributed by atoms with van der Waals surface area (Å²) in [5.41, 5.74) is 0.663. The van der Waals surface area contributed by atoms with Gasteiger partial charge in [0.15, 0.2) is 5.13 Å². The highest BCUT2D eigenvalue weighted by molar-refractivity contribution is 7.13. The number of carbonyl (C=O) groups is 3. The Kier molecular flexibility index (Phi) is 4.77. The van der Waals surface area contributed by atoms with Gasteiger partial charge in [0.1, 0.15) is 6.04 Å². The Labute approximate surface area is 146 Å². The molecule has 1 aromatic heterocycles. The van der Waals surface area contributed by atoms with Gasteiger partial charge in [0, 0.05) is 16.6 Å². The van der Waals surface area contributed by atoms with Crippen LogP contribution in [0, 0.1) is 0 Å². The minimum atomic E-state index is -0.889. The Hall–Kier alpha value is -2.45. The summed E-state index contributed by atoms with van der Waals surface area (Å²) in [6.07, 6.45) is 1.41. The van der Waals surface area contributed by atoms with Crippen molar-refractivity contribution < 1.29 is 14.4 Å². The molecule has 2 N–H and O–H groups in total. The lowest BCUT2D eigenvalue weighted by Gasteiger charge is -2.14. The van der Waals surface area contributed by atoms with E-state index in [9.17, 15) is 14.4 Å². The third-order valence-electron chi connectivity index (χ3n) is 3.46. The fourth-order valence-electron chi connectivity index (χ4n) is 2.30. The lowest BCUT2D eigenvalue weighted by Crippen LogP contribution is -2.34. The summed E-state index contributed by atoms with van der Waals surface area (Å²) in [5, 5.41) is 7.75. The molecule has 1 aromatic carbocycles. The zero-order valence-electron chi connectivity index (χ0n) is 12.4. The van der Waals surface area contributed by atoms with E-state index in [1.807, 2.05) is 0 Å². The van der Waals surface area contributed by atoms with E-state index in [0.717, 1.165) is 4.90 Å². The van der Waals surface area contributed by atoms with Crippen molar-refractivity contribution in [3.05, 3.63) is 46.4 Å². The quantitative estimate of drug-likeness (QED) is 0.796. The van der Waals surface area contributed by atoms with Gasteiger partial charge in [0.2, 0.25) is 5.91 Å². The molecule has 1 aliphatic heterocycles. The van der Waals surface area contributed by atoms with Crippen molar-refractivity contribution in [2.45, 2.75) is 19.0 Å². The highest BCUT2D eigenvalue weighted by Crippen LogP contribution is 2.20. The van der Waals surface area contributed by atoms with Gasteiger partial charge in [0.05, 0.1) is 13.0 Å². The molecule has 0 bridgehead atoms. The van der Waals surface area contributed by atoms with E-state index in [-0.39, 0.29) is 18.9 Å². The zero-order valence-corrected chi connectivity index (χ0v) is 13.9. The third kappa shape index (κ3) is 3.55. The smallest absolute Gasteiger partial charge is 0.325 e. The second-order valence-electron chi connectivity index (χ2n) is 5.11. The number of thiazole rings is 1. The number of nitrogens with zero attached hydrogens (tertiary/aromatic N) is 2. The second kappa shape index (κ2) is 6.98. The molecule has 2 heterocycles. The number of aromatic nitrogens is 1. The van der Waals surface area contributed by atoms with Crippen LogP contribution < -0.4 is 10.6 Å². The van der Waals surface area contributed by atoms with E-state index in [4.69, 9.17) is 11.6 Å². The van der Waals surface area contributed by atoms with Gasteiger partial charge in [-0.2, -0.15) is 0 Å². The average molecular weight is 365 g/mol. The van der Waals surface area contributed by atoms with E-state index in [2.05, 4.69) is 15.6 Å². The van der Waals surface area contributed by atoms with Gasteiger partial charge < -0.3 is 10.6 Å². The largest absolute Gasteiger partial charge is 0.325 e. The van der Waals surface area contributed by atoms with Crippen LogP contribution in [0.2, 0.25) is 5.02 Å². The van der Waals surface area contributed by atoms with Crippen molar-refractivity contribution in [3.8, 4) is 0 Å². The summed E-state index contributed by atoms with van der Waals surface area (Å²) in [7, 11) is 0. The Morgan fingerprint density at radius 3 is 2.88 bits per heavy atom. The van der Waals surface area contributed by atoms with Crippen LogP contribution in [-0.2, 0) is 16.1 Å². The number of hydrogen-bond donors (Lipinski definition) is 2. The number of carbonyl (C=O) groups excluding carboxylic acids is 3. The molecular weight excluding hydrogens is 352 g/mol. The van der Waals surface area contributed by atoms with E-state index < -0.39 is 18.0 Å². The summed E-state index contributed by atoms with van der Waals surface area (Å²) in [6, 6.07) is 5.55. The number of urea groups is 1. The molecule has 24 heavy (non-hydrogen) atoms. The molecule has 9 heteroatoms. The predicted octanol–water partition coefficient (Wildman–Crippen LogP) is 2.25. The number of halogens is 1. The normalized spacial score (nSPS) is 17.0. The molecule has 1 aliphatic rings. The highest BCUT2D eigenvalue weighted by atomic mass is 35.5. The first-order chi connectivity index (χ1) is 11.5. The van der Waals surface area contributed by atoms with E-state index >= 15 is 0 Å². The molecule has 3 rings (SSSR count). The molecule has 1 fully saturated rings. The lowest BCUT2D eigenvalue weighted by atomic mass is 10.1. The molecule has 0 radical (unpaired) electrons. The molecule has 2 aromatic rings. The van der Waals surface area contributed by atoms with Gasteiger partial charge >= 0.3 is 6.03 Å². The molecule has 7 nitrogen and oxygen atoms in total. The van der Waals surface area contributed by atoms with Gasteiger partial charge in [-0.25, -0.2) is 9.78 Å². The van der Waals surface area contributed by atoms with Gasteiger partial charge in [0.25, 0.3) is 5.91 Å². The molecular formula is C15H13ClN4O3S. The van der Waals surface area contributed by atoms with Crippen LogP contribution in [0.1, 0.15) is 12.0 Å². The predicted molar refractivity (Wildman–Crippen MR) is 89.7 cm³/mol. The summed E-state index contributed by atoms with van der Waals surface area (Å²) >= 11 is 7.33. The van der Waals surface area contributed by atoms with Crippen molar-refractivity contribution in [2.75, 3.05) is 5.32 Å².